The summed E-state index contributed by atoms with van der Waals surface area (Å²) in [6, 6.07) is 13.3. The maximum absolute atomic E-state index is 14.2. The fourth-order valence-corrected chi connectivity index (χ4v) is 1.95. The highest BCUT2D eigenvalue weighted by molar-refractivity contribution is 5.60. The van der Waals surface area contributed by atoms with E-state index in [-0.39, 0.29) is 5.41 Å². The van der Waals surface area contributed by atoms with Crippen LogP contribution >= 0.6 is 0 Å². The first-order valence-corrected chi connectivity index (χ1v) is 5.89. The van der Waals surface area contributed by atoms with Gasteiger partial charge in [0.25, 0.3) is 0 Å². The molecule has 2 rings (SSSR count). The van der Waals surface area contributed by atoms with Crippen LogP contribution in [0.2, 0.25) is 0 Å². The molecule has 0 aliphatic carbocycles. The number of rotatable bonds is 2. The Labute approximate surface area is 102 Å². The first-order valence-electron chi connectivity index (χ1n) is 5.89. The summed E-state index contributed by atoms with van der Waals surface area (Å²) in [6.45, 7) is 6.34. The van der Waals surface area contributed by atoms with Crippen LogP contribution in [0.4, 0.5) is 4.48 Å². The minimum Gasteiger partial charge on any atom is -0.183 e. The van der Waals surface area contributed by atoms with Gasteiger partial charge in [0.1, 0.15) is 0 Å². The van der Waals surface area contributed by atoms with Crippen LogP contribution in [0.25, 0.3) is 11.3 Å². The molecule has 0 unspecified atom stereocenters. The van der Waals surface area contributed by atoms with Crippen LogP contribution in [0.5, 0.6) is 0 Å². The molecule has 1 aromatic heterocycles. The van der Waals surface area contributed by atoms with Gasteiger partial charge in [0.05, 0.1) is 11.4 Å². The third-order valence-electron chi connectivity index (χ3n) is 2.68. The Morgan fingerprint density at radius 1 is 1.00 bits per heavy atom. The van der Waals surface area contributed by atoms with E-state index in [9.17, 15) is 4.48 Å². The molecular formula is C15H18FN. The van der Waals surface area contributed by atoms with Crippen molar-refractivity contribution < 1.29 is 4.48 Å². The van der Waals surface area contributed by atoms with Crippen molar-refractivity contribution in [2.45, 2.75) is 27.2 Å². The second-order valence-corrected chi connectivity index (χ2v) is 5.59. The zero-order chi connectivity index (χ0) is 12.5. The molecule has 90 valence electrons. The van der Waals surface area contributed by atoms with E-state index in [1.165, 1.54) is 0 Å². The highest BCUT2D eigenvalue weighted by Gasteiger charge is 2.16. The van der Waals surface area contributed by atoms with Crippen LogP contribution in [0.3, 0.4) is 0 Å². The fraction of sp³-hybridized carbons (Fsp3) is 0.333. The molecule has 0 saturated carbocycles. The van der Waals surface area contributed by atoms with Gasteiger partial charge in [0.15, 0.2) is 0 Å². The molecule has 0 aliphatic heterocycles. The highest BCUT2D eigenvalue weighted by Crippen LogP contribution is 2.27. The minimum absolute atomic E-state index is 0.0934. The Morgan fingerprint density at radius 2 is 1.65 bits per heavy atom. The third-order valence-corrected chi connectivity index (χ3v) is 2.68. The van der Waals surface area contributed by atoms with E-state index in [2.05, 4.69) is 20.8 Å². The Bertz CT molecular complexity index is 491. The van der Waals surface area contributed by atoms with E-state index < -0.39 is 0 Å². The number of hydrogen-bond donors (Lipinski definition) is 0. The maximum atomic E-state index is 14.2. The van der Waals surface area contributed by atoms with Gasteiger partial charge >= 0.3 is 0 Å². The van der Waals surface area contributed by atoms with Crippen LogP contribution < -0.4 is 0 Å². The largest absolute Gasteiger partial charge is 0.183 e. The molecule has 0 fully saturated rings. The summed E-state index contributed by atoms with van der Waals surface area (Å²) >= 11 is 0. The molecule has 17 heavy (non-hydrogen) atoms. The second-order valence-electron chi connectivity index (χ2n) is 5.59. The molecule has 1 nitrogen and oxygen atoms in total. The molecule has 2 heteroatoms. The quantitative estimate of drug-likeness (QED) is 0.718. The lowest BCUT2D eigenvalue weighted by molar-refractivity contribution is 0.326. The fourth-order valence-electron chi connectivity index (χ4n) is 1.95. The number of benzene rings is 1. The van der Waals surface area contributed by atoms with Gasteiger partial charge in [0.2, 0.25) is 0 Å². The normalized spacial score (nSPS) is 11.8. The summed E-state index contributed by atoms with van der Waals surface area (Å²) in [5, 5.41) is 0. The second kappa shape index (κ2) is 4.36. The third kappa shape index (κ3) is 2.76. The van der Waals surface area contributed by atoms with Gasteiger partial charge in [-0.05, 0) is 24.0 Å². The van der Waals surface area contributed by atoms with Crippen molar-refractivity contribution in [1.29, 1.82) is 0 Å². The number of hydrogen-bond acceptors (Lipinski definition) is 0. The average Bonchev–Trinajstić information content (AvgIpc) is 2.60. The monoisotopic (exact) mass is 231 g/mol. The van der Waals surface area contributed by atoms with E-state index in [4.69, 9.17) is 0 Å². The molecule has 0 bridgehead atoms. The molecule has 0 spiro atoms. The van der Waals surface area contributed by atoms with Crippen molar-refractivity contribution in [1.82, 2.24) is 4.79 Å². The number of nitrogens with zero attached hydrogens (tertiary/aromatic N) is 1. The molecular weight excluding hydrogens is 213 g/mol. The Hall–Kier alpha value is -1.57. The van der Waals surface area contributed by atoms with Gasteiger partial charge in [-0.15, -0.1) is 0 Å². The van der Waals surface area contributed by atoms with E-state index in [1.807, 2.05) is 42.5 Å². The first-order chi connectivity index (χ1) is 7.97. The van der Waals surface area contributed by atoms with Gasteiger partial charge in [-0.1, -0.05) is 55.6 Å². The van der Waals surface area contributed by atoms with Gasteiger partial charge < -0.3 is 0 Å². The number of aromatic nitrogens is 1. The minimum atomic E-state index is 0.0934. The molecule has 1 aromatic carbocycles. The number of halogens is 1. The Balaban J connectivity index is 2.34. The predicted molar refractivity (Wildman–Crippen MR) is 69.5 cm³/mol. The zero-order valence-corrected chi connectivity index (χ0v) is 10.6. The van der Waals surface area contributed by atoms with Gasteiger partial charge in [-0.3, -0.25) is 0 Å². The first kappa shape index (κ1) is 11.9. The molecule has 0 N–H and O–H groups in total. The SMILES string of the molecule is CC(C)(C)Cc1ccc(-c2ccccc2)n1F. The summed E-state index contributed by atoms with van der Waals surface area (Å²) in [6.07, 6.45) is 0.732. The molecule has 1 heterocycles. The van der Waals surface area contributed by atoms with Crippen molar-refractivity contribution in [3.63, 3.8) is 0 Å². The summed E-state index contributed by atoms with van der Waals surface area (Å²) < 4.78 is 14.2. The van der Waals surface area contributed by atoms with E-state index >= 15 is 0 Å². The Kier molecular flexibility index (Phi) is 3.05. The van der Waals surface area contributed by atoms with Crippen molar-refractivity contribution in [3.8, 4) is 11.3 Å². The van der Waals surface area contributed by atoms with Gasteiger partial charge in [-0.25, -0.2) is 0 Å². The van der Waals surface area contributed by atoms with E-state index in [1.54, 1.807) is 0 Å². The van der Waals surface area contributed by atoms with Crippen LogP contribution in [0.1, 0.15) is 26.5 Å². The van der Waals surface area contributed by atoms with Crippen molar-refractivity contribution in [2.75, 3.05) is 0 Å². The summed E-state index contributed by atoms with van der Waals surface area (Å²) in [5.41, 5.74) is 2.37. The summed E-state index contributed by atoms with van der Waals surface area (Å²) in [7, 11) is 0. The topological polar surface area (TPSA) is 4.93 Å². The molecule has 0 aliphatic rings. The molecule has 0 amide bonds. The predicted octanol–water partition coefficient (Wildman–Crippen LogP) is 4.48. The lowest BCUT2D eigenvalue weighted by Crippen LogP contribution is -2.11. The summed E-state index contributed by atoms with van der Waals surface area (Å²) in [5.74, 6) is 0. The maximum Gasteiger partial charge on any atom is 0.0816 e. The van der Waals surface area contributed by atoms with Crippen molar-refractivity contribution in [2.24, 2.45) is 5.41 Å². The molecule has 0 saturated heterocycles. The highest BCUT2D eigenvalue weighted by atomic mass is 19.2. The van der Waals surface area contributed by atoms with Crippen LogP contribution in [-0.2, 0) is 6.42 Å². The van der Waals surface area contributed by atoms with E-state index in [0.29, 0.717) is 5.69 Å². The van der Waals surface area contributed by atoms with Crippen LogP contribution in [-0.4, -0.2) is 4.79 Å². The van der Waals surface area contributed by atoms with Gasteiger partial charge in [0, 0.05) is 5.56 Å². The zero-order valence-electron chi connectivity index (χ0n) is 10.6. The average molecular weight is 231 g/mol. The summed E-state index contributed by atoms with van der Waals surface area (Å²) in [4.78, 5) is 0.806. The lowest BCUT2D eigenvalue weighted by Gasteiger charge is -2.17. The molecule has 0 radical (unpaired) electrons. The Morgan fingerprint density at radius 3 is 2.24 bits per heavy atom. The van der Waals surface area contributed by atoms with Crippen molar-refractivity contribution >= 4 is 0 Å². The van der Waals surface area contributed by atoms with Crippen LogP contribution in [0.15, 0.2) is 42.5 Å². The standard InChI is InChI=1S/C15H18FN/c1-15(2,3)11-13-9-10-14(17(13)16)12-7-5-4-6-8-12/h4-10H,11H2,1-3H3. The lowest BCUT2D eigenvalue weighted by atomic mass is 9.91. The van der Waals surface area contributed by atoms with Crippen LogP contribution in [0, 0.1) is 5.41 Å². The van der Waals surface area contributed by atoms with Gasteiger partial charge in [-0.2, -0.15) is 4.79 Å². The smallest absolute Gasteiger partial charge is 0.0816 e. The van der Waals surface area contributed by atoms with E-state index in [0.717, 1.165) is 22.5 Å². The van der Waals surface area contributed by atoms with Crippen molar-refractivity contribution in [3.05, 3.63) is 48.2 Å². The molecule has 0 atom stereocenters. The molecule has 2 aromatic rings.